The highest BCUT2D eigenvalue weighted by molar-refractivity contribution is 6.52. The number of pyridine rings is 1. The van der Waals surface area contributed by atoms with Crippen LogP contribution in [-0.4, -0.2) is 28.3 Å². The SMILES string of the molecule is CC1(C)OB(/C=C/c2cc(N)c3cc[nH]c3n2)OC1(C)C. The van der Waals surface area contributed by atoms with Gasteiger partial charge in [-0.3, -0.25) is 0 Å². The van der Waals surface area contributed by atoms with Crippen molar-refractivity contribution in [2.24, 2.45) is 0 Å². The molecule has 0 atom stereocenters. The summed E-state index contributed by atoms with van der Waals surface area (Å²) in [7, 11) is -0.377. The fourth-order valence-corrected chi connectivity index (χ4v) is 2.31. The number of H-pyrrole nitrogens is 1. The smallest absolute Gasteiger partial charge is 0.400 e. The van der Waals surface area contributed by atoms with E-state index in [-0.39, 0.29) is 18.3 Å². The standard InChI is InChI=1S/C15H20BN3O2/c1-14(2)15(3,4)21-16(20-14)7-5-10-9-12(17)11-6-8-18-13(11)19-10/h5-9H,1-4H3,(H3,17,18,19)/b7-5+. The van der Waals surface area contributed by atoms with E-state index in [0.717, 1.165) is 16.7 Å². The molecule has 1 aliphatic heterocycles. The van der Waals surface area contributed by atoms with Crippen LogP contribution < -0.4 is 5.73 Å². The van der Waals surface area contributed by atoms with E-state index < -0.39 is 0 Å². The summed E-state index contributed by atoms with van der Waals surface area (Å²) in [5, 5.41) is 0.933. The lowest BCUT2D eigenvalue weighted by Crippen LogP contribution is -2.41. The van der Waals surface area contributed by atoms with Gasteiger partial charge in [0.05, 0.1) is 16.9 Å². The molecule has 2 aromatic heterocycles. The molecule has 1 saturated heterocycles. The lowest BCUT2D eigenvalue weighted by atomic mass is 9.89. The van der Waals surface area contributed by atoms with Crippen LogP contribution in [-0.2, 0) is 9.31 Å². The van der Waals surface area contributed by atoms with Crippen LogP contribution in [0.15, 0.2) is 24.3 Å². The highest BCUT2D eigenvalue weighted by Crippen LogP contribution is 2.37. The second-order valence-corrected chi connectivity index (χ2v) is 6.36. The van der Waals surface area contributed by atoms with Gasteiger partial charge in [0.25, 0.3) is 0 Å². The molecule has 1 aliphatic rings. The first kappa shape index (κ1) is 14.2. The Hall–Kier alpha value is -1.79. The minimum atomic E-state index is -0.377. The van der Waals surface area contributed by atoms with Crippen molar-refractivity contribution in [3.05, 3.63) is 30.0 Å². The molecule has 0 unspecified atom stereocenters. The largest absolute Gasteiger partial charge is 0.487 e. The van der Waals surface area contributed by atoms with Crippen molar-refractivity contribution in [2.75, 3.05) is 5.73 Å². The van der Waals surface area contributed by atoms with Crippen molar-refractivity contribution in [1.29, 1.82) is 0 Å². The molecule has 0 spiro atoms. The van der Waals surface area contributed by atoms with Crippen molar-refractivity contribution in [2.45, 2.75) is 38.9 Å². The van der Waals surface area contributed by atoms with Crippen molar-refractivity contribution in [3.8, 4) is 0 Å². The van der Waals surface area contributed by atoms with E-state index in [9.17, 15) is 0 Å². The Morgan fingerprint density at radius 1 is 1.24 bits per heavy atom. The molecule has 0 radical (unpaired) electrons. The summed E-state index contributed by atoms with van der Waals surface area (Å²) in [5.41, 5.74) is 7.60. The van der Waals surface area contributed by atoms with E-state index in [0.29, 0.717) is 5.69 Å². The predicted molar refractivity (Wildman–Crippen MR) is 85.6 cm³/mol. The number of nitrogens with one attached hydrogen (secondary N) is 1. The molecule has 0 amide bonds. The Morgan fingerprint density at radius 3 is 2.57 bits per heavy atom. The van der Waals surface area contributed by atoms with Crippen LogP contribution in [0.4, 0.5) is 5.69 Å². The third-order valence-corrected chi connectivity index (χ3v) is 4.28. The van der Waals surface area contributed by atoms with Gasteiger partial charge in [-0.15, -0.1) is 0 Å². The summed E-state index contributed by atoms with van der Waals surface area (Å²) < 4.78 is 11.8. The Kier molecular flexibility index (Phi) is 3.11. The lowest BCUT2D eigenvalue weighted by Gasteiger charge is -2.32. The summed E-state index contributed by atoms with van der Waals surface area (Å²) >= 11 is 0. The van der Waals surface area contributed by atoms with Gasteiger partial charge in [-0.2, -0.15) is 0 Å². The van der Waals surface area contributed by atoms with Crippen molar-refractivity contribution in [1.82, 2.24) is 9.97 Å². The quantitative estimate of drug-likeness (QED) is 0.832. The van der Waals surface area contributed by atoms with Crippen LogP contribution in [0.25, 0.3) is 17.1 Å². The zero-order chi connectivity index (χ0) is 15.3. The first-order valence-electron chi connectivity index (χ1n) is 7.06. The normalized spacial score (nSPS) is 20.7. The zero-order valence-corrected chi connectivity index (χ0v) is 12.8. The lowest BCUT2D eigenvalue weighted by molar-refractivity contribution is 0.00578. The summed E-state index contributed by atoms with van der Waals surface area (Å²) in [4.78, 5) is 7.56. The third kappa shape index (κ3) is 2.45. The van der Waals surface area contributed by atoms with Gasteiger partial charge in [0, 0.05) is 17.3 Å². The molecule has 0 saturated carbocycles. The van der Waals surface area contributed by atoms with E-state index >= 15 is 0 Å². The van der Waals surface area contributed by atoms with Gasteiger partial charge in [-0.1, -0.05) is 5.98 Å². The van der Waals surface area contributed by atoms with E-state index in [4.69, 9.17) is 15.0 Å². The number of nitrogens with two attached hydrogens (primary N) is 1. The Labute approximate surface area is 124 Å². The molecule has 5 nitrogen and oxygen atoms in total. The Morgan fingerprint density at radius 2 is 1.90 bits per heavy atom. The van der Waals surface area contributed by atoms with Crippen LogP contribution in [0.2, 0.25) is 0 Å². The topological polar surface area (TPSA) is 73.2 Å². The van der Waals surface area contributed by atoms with Gasteiger partial charge >= 0.3 is 7.12 Å². The molecule has 3 rings (SSSR count). The fourth-order valence-electron chi connectivity index (χ4n) is 2.31. The summed E-state index contributed by atoms with van der Waals surface area (Å²) in [6.07, 6.45) is 3.70. The third-order valence-electron chi connectivity index (χ3n) is 4.28. The number of aromatic amines is 1. The molecular formula is C15H20BN3O2. The zero-order valence-electron chi connectivity index (χ0n) is 12.8. The molecule has 3 heterocycles. The molecule has 21 heavy (non-hydrogen) atoms. The number of anilines is 1. The molecule has 0 aromatic carbocycles. The number of hydrogen-bond acceptors (Lipinski definition) is 4. The van der Waals surface area contributed by atoms with Gasteiger partial charge in [0.15, 0.2) is 0 Å². The van der Waals surface area contributed by atoms with Gasteiger partial charge in [0.2, 0.25) is 0 Å². The first-order valence-corrected chi connectivity index (χ1v) is 7.06. The number of nitrogen functional groups attached to an aromatic ring is 1. The van der Waals surface area contributed by atoms with Crippen LogP contribution in [0.5, 0.6) is 0 Å². The van der Waals surface area contributed by atoms with Gasteiger partial charge < -0.3 is 20.0 Å². The minimum absolute atomic E-state index is 0.335. The van der Waals surface area contributed by atoms with Crippen LogP contribution in [0.3, 0.4) is 0 Å². The van der Waals surface area contributed by atoms with Gasteiger partial charge in [0.1, 0.15) is 5.65 Å². The van der Waals surface area contributed by atoms with Crippen molar-refractivity contribution >= 4 is 29.9 Å². The molecule has 2 aromatic rings. The first-order chi connectivity index (χ1) is 9.78. The number of nitrogens with zero attached hydrogens (tertiary/aromatic N) is 1. The van der Waals surface area contributed by atoms with Crippen LogP contribution in [0.1, 0.15) is 33.4 Å². The van der Waals surface area contributed by atoms with Crippen LogP contribution in [0, 0.1) is 0 Å². The molecule has 6 heteroatoms. The average molecular weight is 285 g/mol. The summed E-state index contributed by atoms with van der Waals surface area (Å²) in [6.45, 7) is 8.12. The molecule has 3 N–H and O–H groups in total. The Balaban J connectivity index is 1.83. The second kappa shape index (κ2) is 4.61. The van der Waals surface area contributed by atoms with Crippen molar-refractivity contribution < 1.29 is 9.31 Å². The fraction of sp³-hybridized carbons (Fsp3) is 0.400. The second-order valence-electron chi connectivity index (χ2n) is 6.36. The molecule has 0 aliphatic carbocycles. The molecule has 0 bridgehead atoms. The highest BCUT2D eigenvalue weighted by atomic mass is 16.7. The molecule has 1 fully saturated rings. The molecular weight excluding hydrogens is 265 g/mol. The summed E-state index contributed by atoms with van der Waals surface area (Å²) in [5.74, 6) is 1.87. The number of fused-ring (bicyclic) bond motifs is 1. The van der Waals surface area contributed by atoms with E-state index in [1.54, 1.807) is 0 Å². The Bertz CT molecular complexity index is 690. The number of hydrogen-bond donors (Lipinski definition) is 2. The van der Waals surface area contributed by atoms with E-state index in [1.807, 2.05) is 58.1 Å². The maximum absolute atomic E-state index is 6.01. The number of rotatable bonds is 2. The molecule has 110 valence electrons. The average Bonchev–Trinajstić information content (AvgIpc) is 2.90. The van der Waals surface area contributed by atoms with Crippen LogP contribution >= 0.6 is 0 Å². The number of aromatic nitrogens is 2. The maximum Gasteiger partial charge on any atom is 0.487 e. The predicted octanol–water partition coefficient (Wildman–Crippen LogP) is 2.79. The van der Waals surface area contributed by atoms with Crippen molar-refractivity contribution in [3.63, 3.8) is 0 Å². The minimum Gasteiger partial charge on any atom is -0.400 e. The van der Waals surface area contributed by atoms with Gasteiger partial charge in [-0.05, 0) is 45.9 Å². The highest BCUT2D eigenvalue weighted by Gasteiger charge is 2.49. The van der Waals surface area contributed by atoms with E-state index in [2.05, 4.69) is 9.97 Å². The maximum atomic E-state index is 6.01. The van der Waals surface area contributed by atoms with Gasteiger partial charge in [-0.25, -0.2) is 4.98 Å². The van der Waals surface area contributed by atoms with E-state index in [1.165, 1.54) is 0 Å². The monoisotopic (exact) mass is 285 g/mol. The summed E-state index contributed by atoms with van der Waals surface area (Å²) in [6, 6.07) is 3.76.